The number of piperidine rings is 1. The van der Waals surface area contributed by atoms with Crippen LogP contribution in [0.4, 0.5) is 0 Å². The SMILES string of the molecule is CC(C)(C)CC(C)(C)NC(=O)C1(C)CCCNC1. The first-order chi connectivity index (χ1) is 8.04. The molecular weight excluding hydrogens is 224 g/mol. The largest absolute Gasteiger partial charge is 0.351 e. The van der Waals surface area contributed by atoms with E-state index < -0.39 is 0 Å². The van der Waals surface area contributed by atoms with Gasteiger partial charge in [-0.15, -0.1) is 0 Å². The van der Waals surface area contributed by atoms with Gasteiger partial charge in [-0.25, -0.2) is 0 Å². The number of carbonyl (C=O) groups is 1. The first-order valence-corrected chi connectivity index (χ1v) is 7.08. The first-order valence-electron chi connectivity index (χ1n) is 7.08. The van der Waals surface area contributed by atoms with Gasteiger partial charge in [0.15, 0.2) is 0 Å². The van der Waals surface area contributed by atoms with Crippen LogP contribution in [0.1, 0.15) is 60.8 Å². The Morgan fingerprint density at radius 3 is 2.33 bits per heavy atom. The third-order valence-electron chi connectivity index (χ3n) is 3.57. The van der Waals surface area contributed by atoms with E-state index in [0.29, 0.717) is 0 Å². The smallest absolute Gasteiger partial charge is 0.227 e. The molecule has 1 unspecified atom stereocenters. The Morgan fingerprint density at radius 2 is 1.89 bits per heavy atom. The average Bonchev–Trinajstić information content (AvgIpc) is 2.13. The molecule has 18 heavy (non-hydrogen) atoms. The van der Waals surface area contributed by atoms with Crippen molar-refractivity contribution >= 4 is 5.91 Å². The monoisotopic (exact) mass is 254 g/mol. The van der Waals surface area contributed by atoms with Crippen LogP contribution in [-0.4, -0.2) is 24.5 Å². The Balaban J connectivity index is 2.63. The van der Waals surface area contributed by atoms with Gasteiger partial charge < -0.3 is 10.6 Å². The van der Waals surface area contributed by atoms with E-state index in [1.165, 1.54) is 0 Å². The predicted octanol–water partition coefficient (Wildman–Crippen LogP) is 2.71. The molecule has 0 saturated carbocycles. The lowest BCUT2D eigenvalue weighted by molar-refractivity contribution is -0.133. The maximum Gasteiger partial charge on any atom is 0.227 e. The van der Waals surface area contributed by atoms with Crippen molar-refractivity contribution in [1.82, 2.24) is 10.6 Å². The van der Waals surface area contributed by atoms with Gasteiger partial charge in [-0.2, -0.15) is 0 Å². The van der Waals surface area contributed by atoms with E-state index >= 15 is 0 Å². The summed E-state index contributed by atoms with van der Waals surface area (Å²) < 4.78 is 0. The van der Waals surface area contributed by atoms with E-state index in [9.17, 15) is 4.79 Å². The molecule has 1 aliphatic heterocycles. The van der Waals surface area contributed by atoms with Gasteiger partial charge in [0.2, 0.25) is 5.91 Å². The van der Waals surface area contributed by atoms with Crippen molar-refractivity contribution in [2.45, 2.75) is 66.3 Å². The van der Waals surface area contributed by atoms with Gasteiger partial charge in [-0.3, -0.25) is 4.79 Å². The lowest BCUT2D eigenvalue weighted by atomic mass is 9.78. The Labute approximate surface area is 112 Å². The quantitative estimate of drug-likeness (QED) is 0.813. The second kappa shape index (κ2) is 5.20. The fourth-order valence-electron chi connectivity index (χ4n) is 3.08. The number of amides is 1. The Hall–Kier alpha value is -0.570. The fraction of sp³-hybridized carbons (Fsp3) is 0.933. The highest BCUT2D eigenvalue weighted by Gasteiger charge is 2.37. The molecule has 1 heterocycles. The summed E-state index contributed by atoms with van der Waals surface area (Å²) in [4.78, 5) is 12.5. The van der Waals surface area contributed by atoms with Crippen LogP contribution in [0.15, 0.2) is 0 Å². The molecule has 0 spiro atoms. The molecule has 0 aromatic rings. The summed E-state index contributed by atoms with van der Waals surface area (Å²) in [5.41, 5.74) is -0.161. The van der Waals surface area contributed by atoms with E-state index in [-0.39, 0.29) is 22.3 Å². The van der Waals surface area contributed by atoms with Crippen LogP contribution in [0.3, 0.4) is 0 Å². The van der Waals surface area contributed by atoms with Crippen LogP contribution in [-0.2, 0) is 4.79 Å². The maximum absolute atomic E-state index is 12.5. The summed E-state index contributed by atoms with van der Waals surface area (Å²) in [6.07, 6.45) is 3.05. The Morgan fingerprint density at radius 1 is 1.28 bits per heavy atom. The molecule has 1 aliphatic rings. The molecule has 1 saturated heterocycles. The molecule has 3 heteroatoms. The molecule has 0 bridgehead atoms. The molecule has 1 amide bonds. The molecule has 2 N–H and O–H groups in total. The van der Waals surface area contributed by atoms with Crippen molar-refractivity contribution in [3.05, 3.63) is 0 Å². The maximum atomic E-state index is 12.5. The Kier molecular flexibility index (Phi) is 4.47. The van der Waals surface area contributed by atoms with Crippen LogP contribution in [0, 0.1) is 10.8 Å². The second-order valence-electron chi connectivity index (χ2n) is 7.92. The van der Waals surface area contributed by atoms with Crippen LogP contribution >= 0.6 is 0 Å². The van der Waals surface area contributed by atoms with Gasteiger partial charge in [0.05, 0.1) is 5.41 Å². The molecule has 1 atom stereocenters. The third-order valence-corrected chi connectivity index (χ3v) is 3.57. The van der Waals surface area contributed by atoms with Gasteiger partial charge in [0, 0.05) is 12.1 Å². The summed E-state index contributed by atoms with van der Waals surface area (Å²) in [6, 6.07) is 0. The summed E-state index contributed by atoms with van der Waals surface area (Å²) in [5, 5.41) is 6.57. The number of carbonyl (C=O) groups excluding carboxylic acids is 1. The molecule has 0 aliphatic carbocycles. The second-order valence-corrected chi connectivity index (χ2v) is 7.92. The van der Waals surface area contributed by atoms with Gasteiger partial charge in [-0.05, 0) is 52.0 Å². The summed E-state index contributed by atoms with van der Waals surface area (Å²) in [7, 11) is 0. The lowest BCUT2D eigenvalue weighted by Crippen LogP contribution is -2.55. The minimum Gasteiger partial charge on any atom is -0.351 e. The highest BCUT2D eigenvalue weighted by atomic mass is 16.2. The predicted molar refractivity (Wildman–Crippen MR) is 76.5 cm³/mol. The zero-order valence-electron chi connectivity index (χ0n) is 12.9. The van der Waals surface area contributed by atoms with E-state index in [4.69, 9.17) is 0 Å². The summed E-state index contributed by atoms with van der Waals surface area (Å²) in [6.45, 7) is 14.8. The van der Waals surface area contributed by atoms with E-state index in [1.807, 2.05) is 0 Å². The molecule has 0 radical (unpaired) electrons. The molecule has 1 rings (SSSR count). The van der Waals surface area contributed by atoms with Crippen molar-refractivity contribution in [3.8, 4) is 0 Å². The summed E-state index contributed by atoms with van der Waals surface area (Å²) >= 11 is 0. The fourth-order valence-corrected chi connectivity index (χ4v) is 3.08. The molecular formula is C15H30N2O. The van der Waals surface area contributed by atoms with Gasteiger partial charge in [-0.1, -0.05) is 20.8 Å². The van der Waals surface area contributed by atoms with Crippen molar-refractivity contribution < 1.29 is 4.79 Å². The summed E-state index contributed by atoms with van der Waals surface area (Å²) in [5.74, 6) is 0.198. The lowest BCUT2D eigenvalue weighted by Gasteiger charge is -2.39. The minimum atomic E-state index is -0.243. The molecule has 3 nitrogen and oxygen atoms in total. The average molecular weight is 254 g/mol. The van der Waals surface area contributed by atoms with Gasteiger partial charge >= 0.3 is 0 Å². The van der Waals surface area contributed by atoms with Gasteiger partial charge in [0.1, 0.15) is 0 Å². The first kappa shape index (κ1) is 15.5. The van der Waals surface area contributed by atoms with Crippen molar-refractivity contribution in [1.29, 1.82) is 0 Å². The molecule has 1 fully saturated rings. The standard InChI is InChI=1S/C15H30N2O/c1-13(2,3)10-14(4,5)17-12(18)15(6)8-7-9-16-11-15/h16H,7-11H2,1-6H3,(H,17,18). The van der Waals surface area contributed by atoms with Crippen LogP contribution in [0.25, 0.3) is 0 Å². The molecule has 0 aromatic carbocycles. The van der Waals surface area contributed by atoms with Gasteiger partial charge in [0.25, 0.3) is 0 Å². The number of hydrogen-bond acceptors (Lipinski definition) is 2. The number of hydrogen-bond donors (Lipinski definition) is 2. The van der Waals surface area contributed by atoms with Crippen molar-refractivity contribution in [2.24, 2.45) is 10.8 Å². The topological polar surface area (TPSA) is 41.1 Å². The third kappa shape index (κ3) is 4.60. The molecule has 0 aromatic heterocycles. The minimum absolute atomic E-state index is 0.143. The van der Waals surface area contributed by atoms with E-state index in [1.54, 1.807) is 0 Å². The van der Waals surface area contributed by atoms with Crippen LogP contribution < -0.4 is 10.6 Å². The normalized spacial score (nSPS) is 25.9. The zero-order chi connectivity index (χ0) is 14.0. The molecule has 106 valence electrons. The highest BCUT2D eigenvalue weighted by molar-refractivity contribution is 5.83. The van der Waals surface area contributed by atoms with Crippen LogP contribution in [0.2, 0.25) is 0 Å². The highest BCUT2D eigenvalue weighted by Crippen LogP contribution is 2.30. The van der Waals surface area contributed by atoms with E-state index in [0.717, 1.165) is 32.4 Å². The Bertz CT molecular complexity index is 296. The van der Waals surface area contributed by atoms with E-state index in [2.05, 4.69) is 52.2 Å². The van der Waals surface area contributed by atoms with Crippen LogP contribution in [0.5, 0.6) is 0 Å². The van der Waals surface area contributed by atoms with Crippen molar-refractivity contribution in [3.63, 3.8) is 0 Å². The van der Waals surface area contributed by atoms with Crippen molar-refractivity contribution in [2.75, 3.05) is 13.1 Å². The zero-order valence-corrected chi connectivity index (χ0v) is 12.9. The number of rotatable bonds is 3. The number of nitrogens with one attached hydrogen (secondary N) is 2.